The second-order valence-electron chi connectivity index (χ2n) is 7.31. The van der Waals surface area contributed by atoms with Crippen LogP contribution in [0.15, 0.2) is 53.5 Å². The van der Waals surface area contributed by atoms with Gasteiger partial charge in [0, 0.05) is 37.0 Å². The van der Waals surface area contributed by atoms with Crippen molar-refractivity contribution in [3.8, 4) is 16.9 Å². The molecular formula is C23H21F2N3O5. The number of anilines is 2. The smallest absolute Gasteiger partial charge is 0.326 e. The number of carbonyl (C=O) groups excluding carboxylic acids is 1. The molecule has 1 aromatic heterocycles. The summed E-state index contributed by atoms with van der Waals surface area (Å²) in [5.41, 5.74) is -0.284. The van der Waals surface area contributed by atoms with Crippen LogP contribution in [0.4, 0.5) is 25.0 Å². The van der Waals surface area contributed by atoms with Crippen LogP contribution < -0.4 is 15.8 Å². The number of benzene rings is 2. The van der Waals surface area contributed by atoms with Crippen molar-refractivity contribution in [3.05, 3.63) is 76.2 Å². The van der Waals surface area contributed by atoms with Crippen molar-refractivity contribution < 1.29 is 28.6 Å². The summed E-state index contributed by atoms with van der Waals surface area (Å²) in [5.74, 6) is -3.14. The Labute approximate surface area is 187 Å². The number of aromatic hydroxyl groups is 1. The van der Waals surface area contributed by atoms with E-state index in [1.54, 1.807) is 6.92 Å². The molecule has 0 atom stereocenters. The minimum absolute atomic E-state index is 0.0610. The zero-order valence-electron chi connectivity index (χ0n) is 17.8. The first-order valence-corrected chi connectivity index (χ1v) is 9.84. The molecule has 0 aliphatic carbocycles. The lowest BCUT2D eigenvalue weighted by molar-refractivity contribution is -0.136. The molecule has 0 aliphatic rings. The first-order chi connectivity index (χ1) is 15.6. The van der Waals surface area contributed by atoms with Gasteiger partial charge in [-0.3, -0.25) is 14.5 Å². The Hall–Kier alpha value is -4.21. The van der Waals surface area contributed by atoms with Gasteiger partial charge in [0.25, 0.3) is 5.56 Å². The molecule has 0 aliphatic heterocycles. The molecule has 0 fully saturated rings. The van der Waals surface area contributed by atoms with Gasteiger partial charge in [0.2, 0.25) is 0 Å². The first-order valence-electron chi connectivity index (χ1n) is 9.84. The van der Waals surface area contributed by atoms with Crippen molar-refractivity contribution in [1.29, 1.82) is 0 Å². The lowest BCUT2D eigenvalue weighted by atomic mass is 10.0. The molecule has 33 heavy (non-hydrogen) atoms. The van der Waals surface area contributed by atoms with E-state index in [1.165, 1.54) is 48.1 Å². The summed E-state index contributed by atoms with van der Waals surface area (Å²) in [4.78, 5) is 37.7. The van der Waals surface area contributed by atoms with Crippen LogP contribution in [-0.2, 0) is 11.8 Å². The van der Waals surface area contributed by atoms with Crippen LogP contribution in [0.25, 0.3) is 11.1 Å². The molecule has 2 aromatic carbocycles. The molecule has 3 aromatic rings. The summed E-state index contributed by atoms with van der Waals surface area (Å²) < 4.78 is 28.9. The summed E-state index contributed by atoms with van der Waals surface area (Å²) in [7, 11) is 1.45. The Morgan fingerprint density at radius 3 is 2.55 bits per heavy atom. The third-order valence-electron chi connectivity index (χ3n) is 4.90. The summed E-state index contributed by atoms with van der Waals surface area (Å²) >= 11 is 0. The van der Waals surface area contributed by atoms with E-state index < -0.39 is 34.9 Å². The van der Waals surface area contributed by atoms with E-state index >= 15 is 0 Å². The Morgan fingerprint density at radius 1 is 1.15 bits per heavy atom. The summed E-state index contributed by atoms with van der Waals surface area (Å²) in [5, 5.41) is 21.9. The number of nitrogens with zero attached hydrogens (tertiary/aromatic N) is 2. The SMILES string of the molecule is Cc1cn(C)c(=O)c(N(C(=O)NCCC(=O)O)c2cccc(-c3ccc(F)cc3F)c2)c1O. The van der Waals surface area contributed by atoms with Crippen LogP contribution in [0.3, 0.4) is 0 Å². The molecule has 3 N–H and O–H groups in total. The second kappa shape index (κ2) is 9.51. The number of aromatic nitrogens is 1. The predicted octanol–water partition coefficient (Wildman–Crippen LogP) is 3.67. The van der Waals surface area contributed by atoms with E-state index in [-0.39, 0.29) is 35.5 Å². The van der Waals surface area contributed by atoms with Crippen molar-refractivity contribution in [3.63, 3.8) is 0 Å². The number of hydrogen-bond donors (Lipinski definition) is 3. The second-order valence-corrected chi connectivity index (χ2v) is 7.31. The number of halogens is 2. The Morgan fingerprint density at radius 2 is 1.88 bits per heavy atom. The van der Waals surface area contributed by atoms with Crippen LogP contribution >= 0.6 is 0 Å². The highest BCUT2D eigenvalue weighted by molar-refractivity contribution is 6.01. The minimum Gasteiger partial charge on any atom is -0.505 e. The Balaban J connectivity index is 2.16. The summed E-state index contributed by atoms with van der Waals surface area (Å²) in [6.45, 7) is 1.31. The number of aryl methyl sites for hydroxylation is 2. The van der Waals surface area contributed by atoms with Gasteiger partial charge in [-0.15, -0.1) is 0 Å². The van der Waals surface area contributed by atoms with Crippen LogP contribution in [0, 0.1) is 18.6 Å². The molecule has 0 spiro atoms. The minimum atomic E-state index is -1.13. The highest BCUT2D eigenvalue weighted by Gasteiger charge is 2.26. The maximum absolute atomic E-state index is 14.3. The van der Waals surface area contributed by atoms with Gasteiger partial charge < -0.3 is 20.1 Å². The van der Waals surface area contributed by atoms with E-state index in [9.17, 15) is 28.3 Å². The number of nitrogens with one attached hydrogen (secondary N) is 1. The maximum Gasteiger partial charge on any atom is 0.326 e. The van der Waals surface area contributed by atoms with Crippen LogP contribution in [-0.4, -0.2) is 33.3 Å². The zero-order chi connectivity index (χ0) is 24.3. The van der Waals surface area contributed by atoms with Gasteiger partial charge in [-0.1, -0.05) is 12.1 Å². The molecule has 0 saturated heterocycles. The third kappa shape index (κ3) is 5.00. The van der Waals surface area contributed by atoms with Crippen molar-refractivity contribution in [2.45, 2.75) is 13.3 Å². The lowest BCUT2D eigenvalue weighted by Gasteiger charge is -2.25. The number of hydrogen-bond acceptors (Lipinski definition) is 4. The Bertz CT molecular complexity index is 1290. The van der Waals surface area contributed by atoms with E-state index in [1.807, 2.05) is 0 Å². The van der Waals surface area contributed by atoms with E-state index in [4.69, 9.17) is 5.11 Å². The molecule has 1 heterocycles. The fourth-order valence-corrected chi connectivity index (χ4v) is 3.31. The number of aliphatic carboxylic acids is 1. The third-order valence-corrected chi connectivity index (χ3v) is 4.90. The van der Waals surface area contributed by atoms with Crippen LogP contribution in [0.5, 0.6) is 5.75 Å². The number of carbonyl (C=O) groups is 2. The highest BCUT2D eigenvalue weighted by atomic mass is 19.1. The number of carboxylic acids is 1. The molecular weight excluding hydrogens is 436 g/mol. The maximum atomic E-state index is 14.3. The van der Waals surface area contributed by atoms with Crippen LogP contribution in [0.2, 0.25) is 0 Å². The summed E-state index contributed by atoms with van der Waals surface area (Å²) in [6.07, 6.45) is 1.03. The molecule has 0 unspecified atom stereocenters. The van der Waals surface area contributed by atoms with Gasteiger partial charge in [-0.05, 0) is 36.8 Å². The van der Waals surface area contributed by atoms with Gasteiger partial charge in [0.05, 0.1) is 12.1 Å². The van der Waals surface area contributed by atoms with Crippen molar-refractivity contribution in [1.82, 2.24) is 9.88 Å². The molecule has 2 amide bonds. The molecule has 0 radical (unpaired) electrons. The fraction of sp³-hybridized carbons (Fsp3) is 0.174. The largest absolute Gasteiger partial charge is 0.505 e. The fourth-order valence-electron chi connectivity index (χ4n) is 3.31. The Kier molecular flexibility index (Phi) is 6.76. The van der Waals surface area contributed by atoms with Gasteiger partial charge >= 0.3 is 12.0 Å². The number of rotatable bonds is 6. The number of urea groups is 1. The molecule has 0 bridgehead atoms. The topological polar surface area (TPSA) is 112 Å². The monoisotopic (exact) mass is 457 g/mol. The molecule has 3 rings (SSSR count). The average molecular weight is 457 g/mol. The van der Waals surface area contributed by atoms with Crippen molar-refractivity contribution in [2.24, 2.45) is 7.05 Å². The molecule has 0 saturated carbocycles. The number of carboxylic acid groups (broad SMARTS) is 1. The van der Waals surface area contributed by atoms with E-state index in [2.05, 4.69) is 5.32 Å². The standard InChI is InChI=1S/C23H21F2N3O5/c1-13-12-27(2)22(32)20(21(13)31)28(23(33)26-9-8-19(29)30)16-5-3-4-14(10-16)17-7-6-15(24)11-18(17)25/h3-7,10-12,31H,8-9H2,1-2H3,(H,26,33)(H,29,30). The molecule has 172 valence electrons. The van der Waals surface area contributed by atoms with Crippen molar-refractivity contribution in [2.75, 3.05) is 11.4 Å². The number of pyridine rings is 1. The average Bonchev–Trinajstić information content (AvgIpc) is 2.75. The predicted molar refractivity (Wildman–Crippen MR) is 118 cm³/mol. The van der Waals surface area contributed by atoms with E-state index in [0.29, 0.717) is 5.56 Å². The van der Waals surface area contributed by atoms with Gasteiger partial charge in [0.15, 0.2) is 5.69 Å². The van der Waals surface area contributed by atoms with Crippen LogP contribution in [0.1, 0.15) is 12.0 Å². The highest BCUT2D eigenvalue weighted by Crippen LogP contribution is 2.35. The number of amides is 2. The van der Waals surface area contributed by atoms with Gasteiger partial charge in [-0.2, -0.15) is 0 Å². The normalized spacial score (nSPS) is 10.7. The lowest BCUT2D eigenvalue weighted by Crippen LogP contribution is -2.41. The van der Waals surface area contributed by atoms with Gasteiger partial charge in [0.1, 0.15) is 17.4 Å². The summed E-state index contributed by atoms with van der Waals surface area (Å²) in [6, 6.07) is 8.08. The quantitative estimate of drug-likeness (QED) is 0.523. The van der Waals surface area contributed by atoms with E-state index in [0.717, 1.165) is 17.0 Å². The molecule has 8 nitrogen and oxygen atoms in total. The first kappa shape index (κ1) is 23.5. The van der Waals surface area contributed by atoms with Gasteiger partial charge in [-0.25, -0.2) is 13.6 Å². The molecule has 10 heteroatoms. The zero-order valence-corrected chi connectivity index (χ0v) is 17.8. The van der Waals surface area contributed by atoms with Crippen molar-refractivity contribution >= 4 is 23.4 Å².